The molecule has 0 saturated carbocycles. The lowest BCUT2D eigenvalue weighted by Crippen LogP contribution is -2.19. The summed E-state index contributed by atoms with van der Waals surface area (Å²) in [7, 11) is 1.43. The highest BCUT2D eigenvalue weighted by molar-refractivity contribution is 5.69. The van der Waals surface area contributed by atoms with Crippen molar-refractivity contribution in [1.29, 1.82) is 0 Å². The third kappa shape index (κ3) is 11.4. The van der Waals surface area contributed by atoms with E-state index in [4.69, 9.17) is 0 Å². The lowest BCUT2D eigenvalue weighted by molar-refractivity contribution is -0.140. The Morgan fingerprint density at radius 2 is 1.73 bits per heavy atom. The fraction of sp³-hybridized carbons (Fsp3) is 0.917. The average molecular weight is 215 g/mol. The van der Waals surface area contributed by atoms with E-state index >= 15 is 0 Å². The van der Waals surface area contributed by atoms with Gasteiger partial charge >= 0.3 is 5.97 Å². The standard InChI is InChI=1S/C12H25NO2/c1-3-4-5-6-7-8-10-13-11-9-12(14)15-2/h13H,3-11H2,1-2H3. The van der Waals surface area contributed by atoms with Gasteiger partial charge in [-0.1, -0.05) is 39.0 Å². The number of carbonyl (C=O) groups excluding carboxylic acids is 1. The van der Waals surface area contributed by atoms with Crippen LogP contribution < -0.4 is 5.32 Å². The summed E-state index contributed by atoms with van der Waals surface area (Å²) in [4.78, 5) is 10.8. The number of carbonyl (C=O) groups is 1. The molecule has 0 atom stereocenters. The summed E-state index contributed by atoms with van der Waals surface area (Å²) >= 11 is 0. The monoisotopic (exact) mass is 215 g/mol. The van der Waals surface area contributed by atoms with Crippen LogP contribution in [0.2, 0.25) is 0 Å². The van der Waals surface area contributed by atoms with Gasteiger partial charge in [0.05, 0.1) is 13.5 Å². The molecule has 1 N–H and O–H groups in total. The summed E-state index contributed by atoms with van der Waals surface area (Å²) in [5.74, 6) is -0.134. The number of methoxy groups -OCH3 is 1. The zero-order chi connectivity index (χ0) is 11.4. The van der Waals surface area contributed by atoms with Crippen LogP contribution in [-0.2, 0) is 9.53 Å². The minimum Gasteiger partial charge on any atom is -0.469 e. The number of ether oxygens (including phenoxy) is 1. The molecule has 0 fully saturated rings. The van der Waals surface area contributed by atoms with E-state index in [1.807, 2.05) is 0 Å². The smallest absolute Gasteiger partial charge is 0.306 e. The summed E-state index contributed by atoms with van der Waals surface area (Å²) in [5, 5.41) is 3.24. The normalized spacial score (nSPS) is 10.3. The van der Waals surface area contributed by atoms with Crippen LogP contribution >= 0.6 is 0 Å². The molecule has 0 heterocycles. The Labute approximate surface area is 93.6 Å². The lowest BCUT2D eigenvalue weighted by atomic mass is 10.1. The summed E-state index contributed by atoms with van der Waals surface area (Å²) in [6.07, 6.45) is 8.35. The molecule has 0 rings (SSSR count). The summed E-state index contributed by atoms with van der Waals surface area (Å²) < 4.78 is 4.54. The second kappa shape index (κ2) is 11.5. The predicted octanol–water partition coefficient (Wildman–Crippen LogP) is 2.50. The quantitative estimate of drug-likeness (QED) is 0.449. The first-order valence-electron chi connectivity index (χ1n) is 6.08. The Morgan fingerprint density at radius 3 is 2.40 bits per heavy atom. The molecule has 90 valence electrons. The van der Waals surface area contributed by atoms with Crippen molar-refractivity contribution in [3.63, 3.8) is 0 Å². The average Bonchev–Trinajstić information content (AvgIpc) is 2.26. The van der Waals surface area contributed by atoms with Crippen LogP contribution in [-0.4, -0.2) is 26.2 Å². The van der Waals surface area contributed by atoms with Gasteiger partial charge in [0.25, 0.3) is 0 Å². The van der Waals surface area contributed by atoms with Gasteiger partial charge in [0.1, 0.15) is 0 Å². The second-order valence-corrected chi connectivity index (χ2v) is 3.84. The third-order valence-electron chi connectivity index (χ3n) is 2.44. The highest BCUT2D eigenvalue weighted by Gasteiger charge is 1.97. The van der Waals surface area contributed by atoms with E-state index in [-0.39, 0.29) is 5.97 Å². The molecule has 0 radical (unpaired) electrons. The largest absolute Gasteiger partial charge is 0.469 e. The van der Waals surface area contributed by atoms with Crippen molar-refractivity contribution in [2.24, 2.45) is 0 Å². The Hall–Kier alpha value is -0.570. The van der Waals surface area contributed by atoms with Gasteiger partial charge in [0.15, 0.2) is 0 Å². The molecule has 0 aromatic heterocycles. The van der Waals surface area contributed by atoms with Crippen molar-refractivity contribution in [3.05, 3.63) is 0 Å². The number of esters is 1. The minimum absolute atomic E-state index is 0.134. The van der Waals surface area contributed by atoms with Crippen LogP contribution in [0.3, 0.4) is 0 Å². The number of rotatable bonds is 10. The molecule has 0 saturated heterocycles. The molecule has 0 aliphatic heterocycles. The predicted molar refractivity (Wildman–Crippen MR) is 62.9 cm³/mol. The maximum absolute atomic E-state index is 10.8. The SMILES string of the molecule is CCCCCCCCNCCC(=O)OC. The lowest BCUT2D eigenvalue weighted by Gasteiger charge is -2.03. The minimum atomic E-state index is -0.134. The van der Waals surface area contributed by atoms with Gasteiger partial charge in [0, 0.05) is 6.54 Å². The summed E-state index contributed by atoms with van der Waals surface area (Å²) in [6.45, 7) is 3.99. The van der Waals surface area contributed by atoms with Gasteiger partial charge < -0.3 is 10.1 Å². The maximum Gasteiger partial charge on any atom is 0.306 e. The molecule has 0 aromatic rings. The molecular weight excluding hydrogens is 190 g/mol. The van der Waals surface area contributed by atoms with Crippen LogP contribution in [0.25, 0.3) is 0 Å². The fourth-order valence-electron chi connectivity index (χ4n) is 1.45. The summed E-state index contributed by atoms with van der Waals surface area (Å²) in [6, 6.07) is 0. The van der Waals surface area contributed by atoms with Crippen molar-refractivity contribution < 1.29 is 9.53 Å². The van der Waals surface area contributed by atoms with Crippen LogP contribution in [0.15, 0.2) is 0 Å². The van der Waals surface area contributed by atoms with Crippen molar-refractivity contribution in [3.8, 4) is 0 Å². The molecular formula is C12H25NO2. The molecule has 0 spiro atoms. The molecule has 0 aliphatic carbocycles. The first-order valence-corrected chi connectivity index (χ1v) is 6.08. The molecule has 0 amide bonds. The molecule has 0 bridgehead atoms. The van der Waals surface area contributed by atoms with Gasteiger partial charge in [0.2, 0.25) is 0 Å². The van der Waals surface area contributed by atoms with Crippen molar-refractivity contribution in [1.82, 2.24) is 5.32 Å². The molecule has 3 heteroatoms. The number of unbranched alkanes of at least 4 members (excludes halogenated alkanes) is 5. The molecule has 15 heavy (non-hydrogen) atoms. The van der Waals surface area contributed by atoms with E-state index in [9.17, 15) is 4.79 Å². The van der Waals surface area contributed by atoms with Gasteiger partial charge in [-0.05, 0) is 13.0 Å². The van der Waals surface area contributed by atoms with E-state index in [1.54, 1.807) is 0 Å². The van der Waals surface area contributed by atoms with Crippen LogP contribution in [0.5, 0.6) is 0 Å². The number of hydrogen-bond donors (Lipinski definition) is 1. The first-order chi connectivity index (χ1) is 7.31. The van der Waals surface area contributed by atoms with Gasteiger partial charge in [-0.3, -0.25) is 4.79 Å². The second-order valence-electron chi connectivity index (χ2n) is 3.84. The van der Waals surface area contributed by atoms with Crippen LogP contribution in [0.4, 0.5) is 0 Å². The first kappa shape index (κ1) is 14.4. The van der Waals surface area contributed by atoms with E-state index in [2.05, 4.69) is 17.0 Å². The highest BCUT2D eigenvalue weighted by Crippen LogP contribution is 2.03. The zero-order valence-corrected chi connectivity index (χ0v) is 10.2. The van der Waals surface area contributed by atoms with Crippen molar-refractivity contribution in [2.45, 2.75) is 51.9 Å². The van der Waals surface area contributed by atoms with Crippen LogP contribution in [0.1, 0.15) is 51.9 Å². The highest BCUT2D eigenvalue weighted by atomic mass is 16.5. The van der Waals surface area contributed by atoms with Crippen molar-refractivity contribution in [2.75, 3.05) is 20.2 Å². The summed E-state index contributed by atoms with van der Waals surface area (Å²) in [5.41, 5.74) is 0. The third-order valence-corrected chi connectivity index (χ3v) is 2.44. The Morgan fingerprint density at radius 1 is 1.07 bits per heavy atom. The maximum atomic E-state index is 10.8. The fourth-order valence-corrected chi connectivity index (χ4v) is 1.45. The molecule has 0 unspecified atom stereocenters. The van der Waals surface area contributed by atoms with Crippen molar-refractivity contribution >= 4 is 5.97 Å². The Kier molecular flexibility index (Phi) is 11.1. The van der Waals surface area contributed by atoms with Gasteiger partial charge in [-0.2, -0.15) is 0 Å². The molecule has 0 aliphatic rings. The van der Waals surface area contributed by atoms with E-state index in [1.165, 1.54) is 45.6 Å². The zero-order valence-electron chi connectivity index (χ0n) is 10.2. The Balaban J connectivity index is 2.95. The Bertz CT molecular complexity index is 149. The molecule has 0 aromatic carbocycles. The van der Waals surface area contributed by atoms with E-state index in [0.717, 1.165) is 13.1 Å². The topological polar surface area (TPSA) is 38.3 Å². The van der Waals surface area contributed by atoms with E-state index in [0.29, 0.717) is 6.42 Å². The van der Waals surface area contributed by atoms with Gasteiger partial charge in [-0.15, -0.1) is 0 Å². The van der Waals surface area contributed by atoms with Gasteiger partial charge in [-0.25, -0.2) is 0 Å². The molecule has 3 nitrogen and oxygen atoms in total. The van der Waals surface area contributed by atoms with E-state index < -0.39 is 0 Å². The number of nitrogens with one attached hydrogen (secondary N) is 1. The number of hydrogen-bond acceptors (Lipinski definition) is 3. The van der Waals surface area contributed by atoms with Crippen LogP contribution in [0, 0.1) is 0 Å².